The minimum atomic E-state index is -0.440. The van der Waals surface area contributed by atoms with E-state index in [1.807, 2.05) is 31.2 Å². The van der Waals surface area contributed by atoms with E-state index in [0.29, 0.717) is 12.2 Å². The third kappa shape index (κ3) is 4.09. The van der Waals surface area contributed by atoms with Crippen molar-refractivity contribution in [3.05, 3.63) is 62.7 Å². The molecule has 1 heterocycles. The smallest absolute Gasteiger partial charge is 0.265 e. The summed E-state index contributed by atoms with van der Waals surface area (Å²) in [6.07, 6.45) is 0.659. The van der Waals surface area contributed by atoms with Crippen LogP contribution in [-0.4, -0.2) is 22.8 Å². The van der Waals surface area contributed by atoms with Crippen LogP contribution in [0.15, 0.2) is 46.0 Å². The van der Waals surface area contributed by atoms with Crippen LogP contribution in [-0.2, 0) is 11.3 Å². The van der Waals surface area contributed by atoms with Gasteiger partial charge in [0.1, 0.15) is 12.3 Å². The van der Waals surface area contributed by atoms with E-state index in [4.69, 9.17) is 4.74 Å². The molecule has 0 spiro atoms. The number of methoxy groups -OCH3 is 1. The van der Waals surface area contributed by atoms with Gasteiger partial charge in [0.25, 0.3) is 11.1 Å². The fourth-order valence-electron chi connectivity index (χ4n) is 2.32. The van der Waals surface area contributed by atoms with Gasteiger partial charge in [0.2, 0.25) is 5.91 Å². The van der Waals surface area contributed by atoms with Crippen LogP contribution in [0.5, 0.6) is 5.75 Å². The van der Waals surface area contributed by atoms with Crippen molar-refractivity contribution in [2.45, 2.75) is 25.9 Å². The van der Waals surface area contributed by atoms with Gasteiger partial charge in [-0.1, -0.05) is 25.1 Å². The number of para-hydroxylation sites is 1. The second kappa shape index (κ2) is 7.44. The van der Waals surface area contributed by atoms with Crippen molar-refractivity contribution in [3.63, 3.8) is 0 Å². The van der Waals surface area contributed by atoms with E-state index in [0.717, 1.165) is 22.4 Å². The fourth-order valence-corrected chi connectivity index (χ4v) is 2.32. The molecule has 0 radical (unpaired) electrons. The summed E-state index contributed by atoms with van der Waals surface area (Å²) in [5, 5.41) is 5.18. The van der Waals surface area contributed by atoms with Gasteiger partial charge in [-0.05, 0) is 12.5 Å². The number of aromatic nitrogens is 2. The normalized spacial score (nSPS) is 11.7. The standard InChI is InChI=1S/C16H19N3O4/c1-3-12(11-6-4-5-7-13(11)23-2)17-15(21)10-19-16(22)9-8-14(20)18-19/h4-9,12H,3,10H2,1-2H3,(H,17,21)(H,18,20)/t12-/m0/s1. The summed E-state index contributed by atoms with van der Waals surface area (Å²) in [5.41, 5.74) is -0.0148. The van der Waals surface area contributed by atoms with E-state index in [9.17, 15) is 14.4 Å². The predicted octanol–water partition coefficient (Wildman–Crippen LogP) is 0.813. The highest BCUT2D eigenvalue weighted by molar-refractivity contribution is 5.76. The minimum Gasteiger partial charge on any atom is -0.496 e. The van der Waals surface area contributed by atoms with Crippen LogP contribution in [0.1, 0.15) is 24.9 Å². The van der Waals surface area contributed by atoms with E-state index < -0.39 is 11.1 Å². The van der Waals surface area contributed by atoms with Gasteiger partial charge in [0, 0.05) is 17.7 Å². The summed E-state index contributed by atoms with van der Waals surface area (Å²) in [6, 6.07) is 9.43. The van der Waals surface area contributed by atoms with Gasteiger partial charge >= 0.3 is 0 Å². The number of hydrogen-bond acceptors (Lipinski definition) is 4. The Labute approximate surface area is 132 Å². The Morgan fingerprint density at radius 3 is 2.70 bits per heavy atom. The molecular formula is C16H19N3O4. The quantitative estimate of drug-likeness (QED) is 0.824. The minimum absolute atomic E-state index is 0.246. The number of carbonyl (C=O) groups excluding carboxylic acids is 1. The number of aromatic amines is 1. The van der Waals surface area contributed by atoms with E-state index in [-0.39, 0.29) is 18.5 Å². The third-order valence-electron chi connectivity index (χ3n) is 3.45. The average Bonchev–Trinajstić information content (AvgIpc) is 2.56. The fraction of sp³-hybridized carbons (Fsp3) is 0.312. The lowest BCUT2D eigenvalue weighted by Crippen LogP contribution is -2.37. The topological polar surface area (TPSA) is 93.2 Å². The molecule has 2 aromatic rings. The number of amides is 1. The van der Waals surface area contributed by atoms with E-state index in [1.54, 1.807) is 7.11 Å². The number of nitrogens with one attached hydrogen (secondary N) is 2. The molecule has 1 aromatic heterocycles. The molecule has 0 fully saturated rings. The molecule has 0 aliphatic heterocycles. The second-order valence-corrected chi connectivity index (χ2v) is 5.00. The lowest BCUT2D eigenvalue weighted by atomic mass is 10.0. The Morgan fingerprint density at radius 1 is 1.26 bits per heavy atom. The SMILES string of the molecule is CC[C@H](NC(=O)Cn1[nH]c(=O)ccc1=O)c1ccccc1OC. The van der Waals surface area contributed by atoms with Gasteiger partial charge in [-0.25, -0.2) is 4.68 Å². The van der Waals surface area contributed by atoms with Crippen molar-refractivity contribution in [1.29, 1.82) is 0 Å². The Kier molecular flexibility index (Phi) is 5.35. The summed E-state index contributed by atoms with van der Waals surface area (Å²) in [7, 11) is 1.57. The van der Waals surface area contributed by atoms with Crippen LogP contribution in [0.4, 0.5) is 0 Å². The zero-order chi connectivity index (χ0) is 16.8. The summed E-state index contributed by atoms with van der Waals surface area (Å²) < 4.78 is 6.29. The van der Waals surface area contributed by atoms with Crippen molar-refractivity contribution < 1.29 is 9.53 Å². The number of rotatable bonds is 6. The van der Waals surface area contributed by atoms with Crippen molar-refractivity contribution in [1.82, 2.24) is 15.1 Å². The van der Waals surface area contributed by atoms with Gasteiger partial charge in [0.05, 0.1) is 13.2 Å². The van der Waals surface area contributed by atoms with Crippen LogP contribution in [0, 0.1) is 0 Å². The largest absolute Gasteiger partial charge is 0.496 e. The van der Waals surface area contributed by atoms with Gasteiger partial charge in [-0.2, -0.15) is 0 Å². The molecule has 1 aromatic carbocycles. The first-order valence-electron chi connectivity index (χ1n) is 7.27. The van der Waals surface area contributed by atoms with Crippen LogP contribution >= 0.6 is 0 Å². The van der Waals surface area contributed by atoms with Crippen LogP contribution < -0.4 is 21.2 Å². The highest BCUT2D eigenvalue weighted by atomic mass is 16.5. The maximum Gasteiger partial charge on any atom is 0.265 e. The molecule has 7 heteroatoms. The number of hydrogen-bond donors (Lipinski definition) is 2. The van der Waals surface area contributed by atoms with Crippen molar-refractivity contribution >= 4 is 5.91 Å². The Bertz CT molecular complexity index is 794. The number of carbonyl (C=O) groups is 1. The highest BCUT2D eigenvalue weighted by Gasteiger charge is 2.17. The van der Waals surface area contributed by atoms with Gasteiger partial charge < -0.3 is 10.1 Å². The number of nitrogens with zero attached hydrogens (tertiary/aromatic N) is 1. The van der Waals surface area contributed by atoms with Crippen LogP contribution in [0.3, 0.4) is 0 Å². The van der Waals surface area contributed by atoms with Gasteiger partial charge in [-0.3, -0.25) is 19.5 Å². The molecule has 0 aliphatic carbocycles. The predicted molar refractivity (Wildman–Crippen MR) is 85.5 cm³/mol. The maximum absolute atomic E-state index is 12.2. The molecule has 23 heavy (non-hydrogen) atoms. The van der Waals surface area contributed by atoms with Gasteiger partial charge in [0.15, 0.2) is 0 Å². The molecule has 2 rings (SSSR count). The molecule has 0 bridgehead atoms. The zero-order valence-corrected chi connectivity index (χ0v) is 13.0. The molecular weight excluding hydrogens is 298 g/mol. The molecule has 0 aliphatic rings. The summed E-state index contributed by atoms with van der Waals surface area (Å²) in [4.78, 5) is 35.1. The van der Waals surface area contributed by atoms with E-state index in [1.165, 1.54) is 0 Å². The zero-order valence-electron chi connectivity index (χ0n) is 13.0. The first kappa shape index (κ1) is 16.5. The van der Waals surface area contributed by atoms with Gasteiger partial charge in [-0.15, -0.1) is 0 Å². The highest BCUT2D eigenvalue weighted by Crippen LogP contribution is 2.26. The molecule has 7 nitrogen and oxygen atoms in total. The molecule has 0 unspecified atom stereocenters. The van der Waals surface area contributed by atoms with E-state index in [2.05, 4.69) is 10.4 Å². The first-order valence-corrected chi connectivity index (χ1v) is 7.27. The maximum atomic E-state index is 12.2. The van der Waals surface area contributed by atoms with Crippen molar-refractivity contribution in [2.24, 2.45) is 0 Å². The third-order valence-corrected chi connectivity index (χ3v) is 3.45. The summed E-state index contributed by atoms with van der Waals surface area (Å²) >= 11 is 0. The molecule has 0 saturated carbocycles. The molecule has 122 valence electrons. The Balaban J connectivity index is 2.15. The average molecular weight is 317 g/mol. The van der Waals surface area contributed by atoms with Crippen LogP contribution in [0.25, 0.3) is 0 Å². The van der Waals surface area contributed by atoms with Crippen LogP contribution in [0.2, 0.25) is 0 Å². The first-order chi connectivity index (χ1) is 11.0. The lowest BCUT2D eigenvalue weighted by molar-refractivity contribution is -0.122. The Morgan fingerprint density at radius 2 is 2.00 bits per heavy atom. The van der Waals surface area contributed by atoms with Crippen molar-refractivity contribution in [3.8, 4) is 5.75 Å². The molecule has 1 atom stereocenters. The molecule has 0 saturated heterocycles. The van der Waals surface area contributed by atoms with Crippen molar-refractivity contribution in [2.75, 3.05) is 7.11 Å². The van der Waals surface area contributed by atoms with E-state index >= 15 is 0 Å². The molecule has 2 N–H and O–H groups in total. The lowest BCUT2D eigenvalue weighted by Gasteiger charge is -2.20. The monoisotopic (exact) mass is 317 g/mol. The number of benzene rings is 1. The Hall–Kier alpha value is -2.83. The second-order valence-electron chi connectivity index (χ2n) is 5.00. The number of H-pyrrole nitrogens is 1. The number of ether oxygens (including phenoxy) is 1. The summed E-state index contributed by atoms with van der Waals surface area (Å²) in [6.45, 7) is 1.69. The summed E-state index contributed by atoms with van der Waals surface area (Å²) in [5.74, 6) is 0.316. The molecule has 1 amide bonds.